The van der Waals surface area contributed by atoms with Crippen LogP contribution in [0.15, 0.2) is 48.5 Å². The van der Waals surface area contributed by atoms with E-state index in [2.05, 4.69) is 16.2 Å². The second-order valence-electron chi connectivity index (χ2n) is 4.47. The molecule has 1 aliphatic heterocycles. The van der Waals surface area contributed by atoms with Gasteiger partial charge in [-0.1, -0.05) is 18.2 Å². The molecule has 0 aromatic heterocycles. The van der Waals surface area contributed by atoms with Gasteiger partial charge in [-0.15, -0.1) is 0 Å². The second-order valence-corrected chi connectivity index (χ2v) is 4.88. The van der Waals surface area contributed by atoms with Gasteiger partial charge in [-0.05, 0) is 42.5 Å². The predicted octanol–water partition coefficient (Wildman–Crippen LogP) is 2.05. The summed E-state index contributed by atoms with van der Waals surface area (Å²) in [6.07, 6.45) is 0. The molecule has 0 saturated heterocycles. The molecule has 0 fully saturated rings. The number of ether oxygens (including phenoxy) is 2. The lowest BCUT2D eigenvalue weighted by Crippen LogP contribution is -2.41. The fourth-order valence-corrected chi connectivity index (χ4v) is 2.04. The van der Waals surface area contributed by atoms with Crippen LogP contribution in [0, 0.1) is 0 Å². The van der Waals surface area contributed by atoms with E-state index in [4.69, 9.17) is 21.7 Å². The quantitative estimate of drug-likeness (QED) is 0.595. The third kappa shape index (κ3) is 3.26. The molecule has 2 aromatic rings. The van der Waals surface area contributed by atoms with E-state index >= 15 is 0 Å². The van der Waals surface area contributed by atoms with E-state index in [0.29, 0.717) is 17.1 Å². The highest BCUT2D eigenvalue weighted by Crippen LogP contribution is 2.32. The fraction of sp³-hybridized carbons (Fsp3) is 0.0667. The minimum Gasteiger partial charge on any atom is -0.454 e. The van der Waals surface area contributed by atoms with Crippen molar-refractivity contribution in [1.29, 1.82) is 0 Å². The molecule has 1 amide bonds. The second kappa shape index (κ2) is 6.31. The topological polar surface area (TPSA) is 71.6 Å². The molecule has 0 bridgehead atoms. The lowest BCUT2D eigenvalue weighted by Gasteiger charge is -2.11. The van der Waals surface area contributed by atoms with Gasteiger partial charge >= 0.3 is 0 Å². The van der Waals surface area contributed by atoms with Crippen molar-refractivity contribution in [3.63, 3.8) is 0 Å². The van der Waals surface area contributed by atoms with Gasteiger partial charge < -0.3 is 9.47 Å². The number of nitrogens with one attached hydrogen (secondary N) is 3. The first-order valence-corrected chi connectivity index (χ1v) is 6.95. The number of benzene rings is 2. The van der Waals surface area contributed by atoms with Gasteiger partial charge in [0.1, 0.15) is 0 Å². The van der Waals surface area contributed by atoms with Crippen molar-refractivity contribution < 1.29 is 14.3 Å². The standard InChI is InChI=1S/C15H13N3O3S/c19-14(10-6-7-12-13(8-10)21-9-20-12)16-15(22)18-17-11-4-2-1-3-5-11/h1-8,17H,9H2,(H2,16,18,19,22). The van der Waals surface area contributed by atoms with E-state index in [1.165, 1.54) is 0 Å². The Balaban J connectivity index is 1.56. The molecule has 0 spiro atoms. The van der Waals surface area contributed by atoms with Gasteiger partial charge in [0.25, 0.3) is 5.91 Å². The van der Waals surface area contributed by atoms with Crippen molar-refractivity contribution in [2.45, 2.75) is 0 Å². The van der Waals surface area contributed by atoms with Crippen molar-refractivity contribution in [2.75, 3.05) is 12.2 Å². The van der Waals surface area contributed by atoms with Crippen LogP contribution in [0.5, 0.6) is 11.5 Å². The number of anilines is 1. The van der Waals surface area contributed by atoms with Crippen molar-refractivity contribution in [1.82, 2.24) is 10.7 Å². The number of amides is 1. The van der Waals surface area contributed by atoms with Gasteiger partial charge in [0.2, 0.25) is 6.79 Å². The Morgan fingerprint density at radius 3 is 2.64 bits per heavy atom. The average Bonchev–Trinajstić information content (AvgIpc) is 3.01. The van der Waals surface area contributed by atoms with Crippen LogP contribution in [0.2, 0.25) is 0 Å². The minimum absolute atomic E-state index is 0.168. The highest BCUT2D eigenvalue weighted by Gasteiger charge is 2.16. The highest BCUT2D eigenvalue weighted by atomic mass is 32.1. The fourth-order valence-electron chi connectivity index (χ4n) is 1.89. The SMILES string of the molecule is O=C(NC(=S)NNc1ccccc1)c1ccc2c(c1)OCO2. The van der Waals surface area contributed by atoms with E-state index < -0.39 is 0 Å². The number of hydrogen-bond donors (Lipinski definition) is 3. The summed E-state index contributed by atoms with van der Waals surface area (Å²) in [7, 11) is 0. The molecule has 6 nitrogen and oxygen atoms in total. The van der Waals surface area contributed by atoms with Gasteiger partial charge in [0.05, 0.1) is 5.69 Å². The zero-order valence-electron chi connectivity index (χ0n) is 11.5. The summed E-state index contributed by atoms with van der Waals surface area (Å²) in [5.41, 5.74) is 6.91. The van der Waals surface area contributed by atoms with Gasteiger partial charge in [-0.3, -0.25) is 21.0 Å². The summed E-state index contributed by atoms with van der Waals surface area (Å²) in [6.45, 7) is 0.168. The molecule has 1 aliphatic rings. The normalized spacial score (nSPS) is 11.6. The van der Waals surface area contributed by atoms with Gasteiger partial charge in [-0.25, -0.2) is 0 Å². The Kier molecular flexibility index (Phi) is 4.06. The number of rotatable bonds is 3. The van der Waals surface area contributed by atoms with Crippen LogP contribution < -0.4 is 25.6 Å². The molecule has 1 heterocycles. The van der Waals surface area contributed by atoms with Crippen LogP contribution in [0.1, 0.15) is 10.4 Å². The number of fused-ring (bicyclic) bond motifs is 1. The number of carbonyl (C=O) groups is 1. The first-order valence-electron chi connectivity index (χ1n) is 6.54. The number of thiocarbonyl (C=S) groups is 1. The Morgan fingerprint density at radius 2 is 1.82 bits per heavy atom. The molecule has 22 heavy (non-hydrogen) atoms. The summed E-state index contributed by atoms with van der Waals surface area (Å²) < 4.78 is 10.4. The zero-order chi connectivity index (χ0) is 15.4. The maximum atomic E-state index is 12.1. The summed E-state index contributed by atoms with van der Waals surface area (Å²) in [6, 6.07) is 14.4. The highest BCUT2D eigenvalue weighted by molar-refractivity contribution is 7.80. The van der Waals surface area contributed by atoms with Crippen molar-refractivity contribution in [3.05, 3.63) is 54.1 Å². The van der Waals surface area contributed by atoms with Crippen LogP contribution in [-0.4, -0.2) is 17.8 Å². The largest absolute Gasteiger partial charge is 0.454 e. The van der Waals surface area contributed by atoms with E-state index in [9.17, 15) is 4.79 Å². The summed E-state index contributed by atoms with van der Waals surface area (Å²) in [5.74, 6) is 0.850. The Morgan fingerprint density at radius 1 is 1.05 bits per heavy atom. The predicted molar refractivity (Wildman–Crippen MR) is 85.8 cm³/mol. The van der Waals surface area contributed by atoms with Crippen molar-refractivity contribution >= 4 is 28.9 Å². The molecular weight excluding hydrogens is 302 g/mol. The molecule has 2 aromatic carbocycles. The monoisotopic (exact) mass is 315 g/mol. The number of hydrogen-bond acceptors (Lipinski definition) is 5. The number of hydrazine groups is 1. The summed E-state index contributed by atoms with van der Waals surface area (Å²) in [5, 5.41) is 2.75. The Labute approximate surface area is 132 Å². The molecule has 0 aliphatic carbocycles. The van der Waals surface area contributed by atoms with E-state index in [0.717, 1.165) is 5.69 Å². The third-order valence-corrected chi connectivity index (χ3v) is 3.16. The minimum atomic E-state index is -0.328. The molecule has 0 radical (unpaired) electrons. The zero-order valence-corrected chi connectivity index (χ0v) is 12.3. The first kappa shape index (κ1) is 14.2. The summed E-state index contributed by atoms with van der Waals surface area (Å²) in [4.78, 5) is 12.1. The maximum absolute atomic E-state index is 12.1. The van der Waals surface area contributed by atoms with Crippen LogP contribution in [0.3, 0.4) is 0 Å². The molecule has 7 heteroatoms. The van der Waals surface area contributed by atoms with E-state index in [1.807, 2.05) is 30.3 Å². The first-order chi connectivity index (χ1) is 10.7. The molecule has 0 saturated carbocycles. The molecule has 3 rings (SSSR count). The van der Waals surface area contributed by atoms with E-state index in [-0.39, 0.29) is 17.8 Å². The van der Waals surface area contributed by atoms with E-state index in [1.54, 1.807) is 18.2 Å². The number of para-hydroxylation sites is 1. The van der Waals surface area contributed by atoms with Gasteiger partial charge in [0, 0.05) is 5.56 Å². The molecule has 0 unspecified atom stereocenters. The van der Waals surface area contributed by atoms with Crippen molar-refractivity contribution in [3.8, 4) is 11.5 Å². The Hall–Kier alpha value is -2.80. The Bertz CT molecular complexity index is 706. The molecule has 112 valence electrons. The maximum Gasteiger partial charge on any atom is 0.257 e. The third-order valence-electron chi connectivity index (χ3n) is 2.96. The van der Waals surface area contributed by atoms with Crippen LogP contribution in [0.25, 0.3) is 0 Å². The van der Waals surface area contributed by atoms with Crippen LogP contribution in [0.4, 0.5) is 5.69 Å². The average molecular weight is 315 g/mol. The smallest absolute Gasteiger partial charge is 0.257 e. The lowest BCUT2D eigenvalue weighted by atomic mass is 10.2. The molecule has 0 atom stereocenters. The molecule has 3 N–H and O–H groups in total. The van der Waals surface area contributed by atoms with Gasteiger partial charge in [-0.2, -0.15) is 0 Å². The van der Waals surface area contributed by atoms with Gasteiger partial charge in [0.15, 0.2) is 16.6 Å². The molecular formula is C15H13N3O3S. The van der Waals surface area contributed by atoms with Crippen LogP contribution in [-0.2, 0) is 0 Å². The summed E-state index contributed by atoms with van der Waals surface area (Å²) >= 11 is 5.07. The van der Waals surface area contributed by atoms with Crippen LogP contribution >= 0.6 is 12.2 Å². The van der Waals surface area contributed by atoms with Crippen molar-refractivity contribution in [2.24, 2.45) is 0 Å². The number of carbonyl (C=O) groups excluding carboxylic acids is 1. The lowest BCUT2D eigenvalue weighted by molar-refractivity contribution is 0.0976.